The summed E-state index contributed by atoms with van der Waals surface area (Å²) >= 11 is 0. The molecular weight excluding hydrogens is 380 g/mol. The maximum atomic E-state index is 13.2. The molecule has 0 aromatic heterocycles. The lowest BCUT2D eigenvalue weighted by Gasteiger charge is -2.37. The first-order valence-corrected chi connectivity index (χ1v) is 10.8. The first-order valence-electron chi connectivity index (χ1n) is 10.8. The van der Waals surface area contributed by atoms with Crippen molar-refractivity contribution in [3.8, 4) is 6.07 Å². The zero-order valence-electron chi connectivity index (χ0n) is 17.6. The van der Waals surface area contributed by atoms with E-state index in [2.05, 4.69) is 12.2 Å². The van der Waals surface area contributed by atoms with Crippen molar-refractivity contribution < 1.29 is 14.4 Å². The summed E-state index contributed by atoms with van der Waals surface area (Å²) in [4.78, 5) is 42.0. The van der Waals surface area contributed by atoms with Crippen molar-refractivity contribution in [1.29, 1.82) is 5.26 Å². The Morgan fingerprint density at radius 3 is 2.23 bits per heavy atom. The van der Waals surface area contributed by atoms with E-state index in [9.17, 15) is 14.4 Å². The second kappa shape index (κ2) is 7.75. The molecule has 30 heavy (non-hydrogen) atoms. The van der Waals surface area contributed by atoms with E-state index in [-0.39, 0.29) is 24.5 Å². The normalized spacial score (nSPS) is 28.8. The Labute approximate surface area is 177 Å². The average molecular weight is 409 g/mol. The Hall–Kier alpha value is -2.88. The zero-order valence-corrected chi connectivity index (χ0v) is 17.6. The number of nitriles is 1. The minimum atomic E-state index is -1.24. The molecule has 158 valence electrons. The fourth-order valence-electron chi connectivity index (χ4n) is 4.71. The van der Waals surface area contributed by atoms with E-state index >= 15 is 0 Å². The van der Waals surface area contributed by atoms with Gasteiger partial charge in [-0.3, -0.25) is 14.5 Å². The van der Waals surface area contributed by atoms with E-state index in [1.54, 1.807) is 31.2 Å². The van der Waals surface area contributed by atoms with Crippen LogP contribution in [0.5, 0.6) is 0 Å². The first-order chi connectivity index (χ1) is 14.3. The van der Waals surface area contributed by atoms with Gasteiger partial charge in [-0.15, -0.1) is 0 Å². The van der Waals surface area contributed by atoms with E-state index in [1.165, 1.54) is 0 Å². The summed E-state index contributed by atoms with van der Waals surface area (Å²) in [6.45, 7) is 3.66. The van der Waals surface area contributed by atoms with Gasteiger partial charge < -0.3 is 10.2 Å². The Bertz CT molecular complexity index is 894. The fraction of sp³-hybridized carbons (Fsp3) is 0.565. The smallest absolute Gasteiger partial charge is 0.325 e. The van der Waals surface area contributed by atoms with Gasteiger partial charge in [0.05, 0.1) is 11.6 Å². The molecule has 0 radical (unpaired) electrons. The third kappa shape index (κ3) is 3.67. The van der Waals surface area contributed by atoms with Crippen LogP contribution in [0.2, 0.25) is 0 Å². The van der Waals surface area contributed by atoms with Crippen molar-refractivity contribution in [1.82, 2.24) is 15.1 Å². The number of benzene rings is 1. The molecule has 0 bridgehead atoms. The molecule has 0 spiro atoms. The third-order valence-electron chi connectivity index (χ3n) is 6.77. The van der Waals surface area contributed by atoms with Crippen molar-refractivity contribution >= 4 is 17.8 Å². The molecule has 1 atom stereocenters. The molecule has 1 N–H and O–H groups in total. The maximum Gasteiger partial charge on any atom is 0.325 e. The maximum absolute atomic E-state index is 13.2. The van der Waals surface area contributed by atoms with Crippen LogP contribution in [0, 0.1) is 17.2 Å². The minimum absolute atomic E-state index is 0.135. The monoisotopic (exact) mass is 408 g/mol. The van der Waals surface area contributed by atoms with Crippen LogP contribution in [0.3, 0.4) is 0 Å². The summed E-state index contributed by atoms with van der Waals surface area (Å²) in [5.74, 6) is 0.125. The molecule has 7 nitrogen and oxygen atoms in total. The van der Waals surface area contributed by atoms with E-state index in [1.807, 2.05) is 11.0 Å². The van der Waals surface area contributed by atoms with Gasteiger partial charge in [-0.2, -0.15) is 5.26 Å². The van der Waals surface area contributed by atoms with E-state index < -0.39 is 17.5 Å². The van der Waals surface area contributed by atoms with Crippen LogP contribution in [0.4, 0.5) is 4.79 Å². The van der Waals surface area contributed by atoms with Crippen LogP contribution in [0.15, 0.2) is 24.3 Å². The first kappa shape index (κ1) is 20.4. The molecule has 2 aliphatic carbocycles. The number of rotatable bonds is 5. The molecule has 4 rings (SSSR count). The van der Waals surface area contributed by atoms with Gasteiger partial charge in [0.2, 0.25) is 5.91 Å². The van der Waals surface area contributed by atoms with Crippen molar-refractivity contribution in [2.75, 3.05) is 6.54 Å². The van der Waals surface area contributed by atoms with Crippen molar-refractivity contribution in [2.24, 2.45) is 5.92 Å². The number of nitrogens with zero attached hydrogens (tertiary/aromatic N) is 3. The van der Waals surface area contributed by atoms with Crippen LogP contribution in [-0.2, 0) is 15.1 Å². The molecule has 1 heterocycles. The summed E-state index contributed by atoms with van der Waals surface area (Å²) < 4.78 is 0. The van der Waals surface area contributed by atoms with Crippen LogP contribution in [-0.4, -0.2) is 46.3 Å². The number of carbonyl (C=O) groups excluding carboxylic acids is 3. The van der Waals surface area contributed by atoms with Crippen LogP contribution in [0.25, 0.3) is 0 Å². The summed E-state index contributed by atoms with van der Waals surface area (Å²) in [5, 5.41) is 11.7. The molecule has 4 amide bonds. The van der Waals surface area contributed by atoms with E-state index in [4.69, 9.17) is 5.26 Å². The summed E-state index contributed by atoms with van der Waals surface area (Å²) in [6.07, 6.45) is 6.21. The lowest BCUT2D eigenvalue weighted by molar-refractivity contribution is -0.141. The van der Waals surface area contributed by atoms with Gasteiger partial charge in [-0.25, -0.2) is 4.79 Å². The lowest BCUT2D eigenvalue weighted by Crippen LogP contribution is -2.49. The molecule has 7 heteroatoms. The van der Waals surface area contributed by atoms with Crippen molar-refractivity contribution in [3.63, 3.8) is 0 Å². The number of carbonyl (C=O) groups is 3. The molecule has 1 aromatic rings. The summed E-state index contributed by atoms with van der Waals surface area (Å²) in [7, 11) is 0. The Kier molecular flexibility index (Phi) is 5.27. The molecule has 2 saturated carbocycles. The van der Waals surface area contributed by atoms with E-state index in [0.717, 1.165) is 43.4 Å². The predicted octanol–water partition coefficient (Wildman–Crippen LogP) is 2.89. The average Bonchev–Trinajstić information content (AvgIpc) is 3.54. The highest BCUT2D eigenvalue weighted by Crippen LogP contribution is 2.36. The second-order valence-corrected chi connectivity index (χ2v) is 9.08. The quantitative estimate of drug-likeness (QED) is 0.758. The van der Waals surface area contributed by atoms with Crippen LogP contribution in [0.1, 0.15) is 63.5 Å². The highest BCUT2D eigenvalue weighted by Gasteiger charge is 2.50. The molecule has 1 unspecified atom stereocenters. The highest BCUT2D eigenvalue weighted by atomic mass is 16.2. The Morgan fingerprint density at radius 1 is 1.13 bits per heavy atom. The minimum Gasteiger partial charge on any atom is -0.335 e. The highest BCUT2D eigenvalue weighted by molar-refractivity contribution is 6.09. The molecule has 1 aliphatic heterocycles. The standard InChI is InChI=1S/C23H28N4O3/c1-15-3-9-18(10-4-15)27(19-11-12-19)20(28)14-26-21(29)23(2,25-22(26)30)17-7-5-16(13-24)6-8-17/h5-8,15,18-19H,3-4,9-12,14H2,1-2H3,(H,25,30). The molecule has 3 fully saturated rings. The lowest BCUT2D eigenvalue weighted by atomic mass is 9.86. The van der Waals surface area contributed by atoms with Crippen molar-refractivity contribution in [2.45, 2.75) is 70.0 Å². The number of hydrogen-bond donors (Lipinski definition) is 1. The SMILES string of the molecule is CC1CCC(N(C(=O)CN2C(=O)NC(C)(c3ccc(C#N)cc3)C2=O)C2CC2)CC1. The van der Waals surface area contributed by atoms with Gasteiger partial charge in [-0.1, -0.05) is 19.1 Å². The largest absolute Gasteiger partial charge is 0.335 e. The van der Waals surface area contributed by atoms with Gasteiger partial charge in [0.15, 0.2) is 0 Å². The number of imide groups is 1. The van der Waals surface area contributed by atoms with Gasteiger partial charge in [0.1, 0.15) is 12.1 Å². The van der Waals surface area contributed by atoms with Gasteiger partial charge in [0.25, 0.3) is 5.91 Å². The number of nitrogens with one attached hydrogen (secondary N) is 1. The second-order valence-electron chi connectivity index (χ2n) is 9.08. The third-order valence-corrected chi connectivity index (χ3v) is 6.77. The van der Waals surface area contributed by atoms with E-state index in [0.29, 0.717) is 17.0 Å². The van der Waals surface area contributed by atoms with Crippen LogP contribution >= 0.6 is 0 Å². The summed E-state index contributed by atoms with van der Waals surface area (Å²) in [6, 6.07) is 8.53. The van der Waals surface area contributed by atoms with Gasteiger partial charge in [-0.05, 0) is 69.1 Å². The molecular formula is C23H28N4O3. The number of hydrogen-bond acceptors (Lipinski definition) is 4. The van der Waals surface area contributed by atoms with Gasteiger partial charge in [0, 0.05) is 12.1 Å². The molecule has 1 saturated heterocycles. The van der Waals surface area contributed by atoms with Crippen molar-refractivity contribution in [3.05, 3.63) is 35.4 Å². The van der Waals surface area contributed by atoms with Gasteiger partial charge >= 0.3 is 6.03 Å². The topological polar surface area (TPSA) is 93.5 Å². The predicted molar refractivity (Wildman–Crippen MR) is 110 cm³/mol. The molecule has 1 aromatic carbocycles. The molecule has 3 aliphatic rings. The number of amides is 4. The Balaban J connectivity index is 1.49. The number of urea groups is 1. The summed E-state index contributed by atoms with van der Waals surface area (Å²) in [5.41, 5.74) is -0.168. The zero-order chi connectivity index (χ0) is 21.5. The Morgan fingerprint density at radius 2 is 1.70 bits per heavy atom. The fourth-order valence-corrected chi connectivity index (χ4v) is 4.71. The van der Waals surface area contributed by atoms with Crippen LogP contribution < -0.4 is 5.32 Å².